The minimum Gasteiger partial charge on any atom is -0.313 e. The molecule has 7 heteroatoms. The summed E-state index contributed by atoms with van der Waals surface area (Å²) in [6.45, 7) is 0.377. The van der Waals surface area contributed by atoms with Gasteiger partial charge in [-0.05, 0) is 11.6 Å². The van der Waals surface area contributed by atoms with E-state index < -0.39 is 5.95 Å². The molecule has 0 bridgehead atoms. The fraction of sp³-hybridized carbons (Fsp3) is 0.0526. The van der Waals surface area contributed by atoms with Gasteiger partial charge in [0.15, 0.2) is 16.1 Å². The first kappa shape index (κ1) is 17.3. The second kappa shape index (κ2) is 6.88. The maximum Gasteiger partial charge on any atom is 0.206 e. The Hall–Kier alpha value is -2.14. The normalized spacial score (nSPS) is 11.2. The van der Waals surface area contributed by atoms with Gasteiger partial charge in [-0.15, -0.1) is 0 Å². The van der Waals surface area contributed by atoms with Gasteiger partial charge in [-0.1, -0.05) is 83.3 Å². The lowest BCUT2D eigenvalue weighted by Crippen LogP contribution is -2.03. The lowest BCUT2D eigenvalue weighted by Gasteiger charge is -2.07. The number of benzene rings is 2. The summed E-state index contributed by atoms with van der Waals surface area (Å²) in [7, 11) is 0. The molecule has 0 atom stereocenters. The molecule has 0 aliphatic heterocycles. The molecule has 0 saturated carbocycles. The lowest BCUT2D eigenvalue weighted by atomic mass is 10.1. The topological polar surface area (TPSA) is 30.7 Å². The number of fused-ring (bicyclic) bond motifs is 1. The van der Waals surface area contributed by atoms with Crippen LogP contribution in [0.25, 0.3) is 22.3 Å². The average molecular weight is 407 g/mol. The lowest BCUT2D eigenvalue weighted by molar-refractivity contribution is 0.527. The Bertz CT molecular complexity index is 1090. The molecule has 4 aromatic rings. The van der Waals surface area contributed by atoms with Crippen molar-refractivity contribution < 1.29 is 4.39 Å². The summed E-state index contributed by atoms with van der Waals surface area (Å²) in [5.74, 6) is -0.352. The predicted molar refractivity (Wildman–Crippen MR) is 103 cm³/mol. The second-order valence-corrected chi connectivity index (χ2v) is 6.79. The molecule has 3 nitrogen and oxygen atoms in total. The number of hydrogen-bond donors (Lipinski definition) is 0. The molecule has 2 heterocycles. The minimum absolute atomic E-state index is 0.0130. The van der Waals surface area contributed by atoms with Crippen LogP contribution in [0.1, 0.15) is 5.56 Å². The van der Waals surface area contributed by atoms with Gasteiger partial charge in [-0.2, -0.15) is 4.39 Å². The van der Waals surface area contributed by atoms with Crippen molar-refractivity contribution in [3.63, 3.8) is 0 Å². The number of nitrogens with zero attached hydrogens (tertiary/aromatic N) is 3. The highest BCUT2D eigenvalue weighted by atomic mass is 35.5. The van der Waals surface area contributed by atoms with Gasteiger partial charge >= 0.3 is 0 Å². The van der Waals surface area contributed by atoms with Crippen LogP contribution >= 0.6 is 34.8 Å². The molecule has 0 spiro atoms. The Labute approximate surface area is 164 Å². The summed E-state index contributed by atoms with van der Waals surface area (Å²) < 4.78 is 17.0. The molecule has 2 aromatic carbocycles. The first-order valence-electron chi connectivity index (χ1n) is 7.76. The van der Waals surface area contributed by atoms with Gasteiger partial charge in [-0.25, -0.2) is 9.97 Å². The van der Waals surface area contributed by atoms with Crippen molar-refractivity contribution in [3.05, 3.63) is 81.4 Å². The van der Waals surface area contributed by atoms with Crippen LogP contribution in [0.3, 0.4) is 0 Å². The molecule has 0 fully saturated rings. The molecule has 4 rings (SSSR count). The molecule has 0 N–H and O–H groups in total. The van der Waals surface area contributed by atoms with Crippen molar-refractivity contribution in [2.45, 2.75) is 6.54 Å². The molecule has 0 saturated heterocycles. The van der Waals surface area contributed by atoms with E-state index in [0.29, 0.717) is 11.9 Å². The van der Waals surface area contributed by atoms with Crippen molar-refractivity contribution in [1.82, 2.24) is 14.5 Å². The third-order valence-electron chi connectivity index (χ3n) is 4.08. The first-order valence-corrected chi connectivity index (χ1v) is 8.89. The van der Waals surface area contributed by atoms with E-state index in [4.69, 9.17) is 34.8 Å². The first-order chi connectivity index (χ1) is 12.6. The molecule has 0 aliphatic rings. The standard InChI is InChI=1S/C19H11Cl3FN3/c20-15-16(21)24-19(25-17(15)22)14-12-8-4-5-9-13(12)26(18(14)23)10-11-6-2-1-3-7-11/h1-9H,10H2. The van der Waals surface area contributed by atoms with E-state index in [0.717, 1.165) is 11.1 Å². The fourth-order valence-electron chi connectivity index (χ4n) is 2.91. The van der Waals surface area contributed by atoms with E-state index in [1.165, 1.54) is 0 Å². The number of aromatic nitrogens is 3. The Balaban J connectivity index is 1.95. The zero-order valence-electron chi connectivity index (χ0n) is 13.3. The molecule has 0 unspecified atom stereocenters. The van der Waals surface area contributed by atoms with Crippen LogP contribution in [-0.4, -0.2) is 14.5 Å². The summed E-state index contributed by atoms with van der Waals surface area (Å²) in [5.41, 5.74) is 1.96. The zero-order valence-corrected chi connectivity index (χ0v) is 15.5. The highest BCUT2D eigenvalue weighted by Crippen LogP contribution is 2.36. The smallest absolute Gasteiger partial charge is 0.206 e. The van der Waals surface area contributed by atoms with Gasteiger partial charge in [0.25, 0.3) is 0 Å². The van der Waals surface area contributed by atoms with Crippen molar-refractivity contribution in [3.8, 4) is 11.4 Å². The zero-order chi connectivity index (χ0) is 18.3. The highest BCUT2D eigenvalue weighted by Gasteiger charge is 2.22. The van der Waals surface area contributed by atoms with E-state index in [9.17, 15) is 0 Å². The van der Waals surface area contributed by atoms with E-state index in [2.05, 4.69) is 9.97 Å². The van der Waals surface area contributed by atoms with E-state index in [1.807, 2.05) is 54.6 Å². The molecule has 2 aromatic heterocycles. The number of rotatable bonds is 3. The van der Waals surface area contributed by atoms with E-state index >= 15 is 4.39 Å². The molecule has 130 valence electrons. The quantitative estimate of drug-likeness (QED) is 0.377. The Morgan fingerprint density at radius 2 is 1.46 bits per heavy atom. The third-order valence-corrected chi connectivity index (χ3v) is 5.18. The summed E-state index contributed by atoms with van der Waals surface area (Å²) in [6, 6.07) is 17.0. The number of halogens is 4. The van der Waals surface area contributed by atoms with E-state index in [-0.39, 0.29) is 26.7 Å². The van der Waals surface area contributed by atoms with Gasteiger partial charge in [0.1, 0.15) is 5.02 Å². The predicted octanol–water partition coefficient (Wildman–Crippen LogP) is 6.25. The van der Waals surface area contributed by atoms with Crippen molar-refractivity contribution in [2.24, 2.45) is 0 Å². The monoisotopic (exact) mass is 405 g/mol. The molecule has 0 radical (unpaired) electrons. The maximum absolute atomic E-state index is 15.4. The van der Waals surface area contributed by atoms with E-state index in [1.54, 1.807) is 4.57 Å². The Morgan fingerprint density at radius 3 is 2.15 bits per heavy atom. The minimum atomic E-state index is -0.454. The molecular weight excluding hydrogens is 396 g/mol. The van der Waals surface area contributed by atoms with Crippen molar-refractivity contribution in [1.29, 1.82) is 0 Å². The number of para-hydroxylation sites is 1. The molecule has 0 aliphatic carbocycles. The van der Waals surface area contributed by atoms with Gasteiger partial charge < -0.3 is 4.57 Å². The number of hydrogen-bond acceptors (Lipinski definition) is 2. The molecule has 0 amide bonds. The van der Waals surface area contributed by atoms with Gasteiger partial charge in [0.05, 0.1) is 17.6 Å². The fourth-order valence-corrected chi connectivity index (χ4v) is 3.38. The van der Waals surface area contributed by atoms with Crippen LogP contribution < -0.4 is 0 Å². The van der Waals surface area contributed by atoms with Crippen molar-refractivity contribution >= 4 is 45.7 Å². The van der Waals surface area contributed by atoms with Crippen LogP contribution in [0.2, 0.25) is 15.3 Å². The Kier molecular flexibility index (Phi) is 4.57. The molecular formula is C19H11Cl3FN3. The van der Waals surface area contributed by atoms with Gasteiger partial charge in [0, 0.05) is 5.39 Å². The SMILES string of the molecule is Fc1c(-c2nc(Cl)c(Cl)c(Cl)n2)c2ccccc2n1Cc1ccccc1. The largest absolute Gasteiger partial charge is 0.313 e. The van der Waals surface area contributed by atoms with Crippen LogP contribution in [0.4, 0.5) is 4.39 Å². The van der Waals surface area contributed by atoms with Gasteiger partial charge in [-0.3, -0.25) is 0 Å². The summed E-state index contributed by atoms with van der Waals surface area (Å²) in [4.78, 5) is 8.24. The highest BCUT2D eigenvalue weighted by molar-refractivity contribution is 6.47. The molecule has 26 heavy (non-hydrogen) atoms. The van der Waals surface area contributed by atoms with Gasteiger partial charge in [0.2, 0.25) is 5.95 Å². The van der Waals surface area contributed by atoms with Crippen LogP contribution in [-0.2, 0) is 6.54 Å². The van der Waals surface area contributed by atoms with Crippen LogP contribution in [0.5, 0.6) is 0 Å². The van der Waals surface area contributed by atoms with Crippen LogP contribution in [0.15, 0.2) is 54.6 Å². The summed E-state index contributed by atoms with van der Waals surface area (Å²) in [5, 5.41) is 0.697. The average Bonchev–Trinajstić information content (AvgIpc) is 2.92. The second-order valence-electron chi connectivity index (χ2n) is 5.70. The summed E-state index contributed by atoms with van der Waals surface area (Å²) in [6.07, 6.45) is 0. The maximum atomic E-state index is 15.4. The van der Waals surface area contributed by atoms with Crippen LogP contribution in [0, 0.1) is 5.95 Å². The Morgan fingerprint density at radius 1 is 0.846 bits per heavy atom. The van der Waals surface area contributed by atoms with Crippen molar-refractivity contribution in [2.75, 3.05) is 0 Å². The third kappa shape index (κ3) is 2.94. The summed E-state index contributed by atoms with van der Waals surface area (Å²) >= 11 is 17.9.